The summed E-state index contributed by atoms with van der Waals surface area (Å²) in [5.74, 6) is -0.359. The highest BCUT2D eigenvalue weighted by atomic mass is 32.3. The third kappa shape index (κ3) is 3.06. The van der Waals surface area contributed by atoms with Crippen LogP contribution in [0.3, 0.4) is 0 Å². The first-order valence-electron chi connectivity index (χ1n) is 6.00. The quantitative estimate of drug-likeness (QED) is 0.775. The minimum atomic E-state index is -4.36. The number of rotatable bonds is 4. The predicted molar refractivity (Wildman–Crippen MR) is 66.1 cm³/mol. The van der Waals surface area contributed by atoms with Crippen molar-refractivity contribution in [3.8, 4) is 0 Å². The first-order chi connectivity index (χ1) is 8.02. The number of halogens is 1. The second kappa shape index (κ2) is 4.77. The maximum atomic E-state index is 12.7. The smallest absolute Gasteiger partial charge is 0.195 e. The van der Waals surface area contributed by atoms with Crippen LogP contribution < -0.4 is 0 Å². The first-order valence-corrected chi connectivity index (χ1v) is 7.55. The van der Waals surface area contributed by atoms with Crippen molar-refractivity contribution in [1.82, 2.24) is 0 Å². The van der Waals surface area contributed by atoms with Crippen LogP contribution in [-0.2, 0) is 15.6 Å². The van der Waals surface area contributed by atoms with E-state index < -0.39 is 10.2 Å². The molecule has 1 aliphatic carbocycles. The Hall–Kier alpha value is -0.900. The van der Waals surface area contributed by atoms with E-state index in [1.807, 2.05) is 30.3 Å². The van der Waals surface area contributed by atoms with Crippen molar-refractivity contribution in [2.75, 3.05) is 5.75 Å². The van der Waals surface area contributed by atoms with Crippen molar-refractivity contribution in [2.24, 2.45) is 0 Å². The van der Waals surface area contributed by atoms with Gasteiger partial charge in [0, 0.05) is 0 Å². The fourth-order valence-corrected chi connectivity index (χ4v) is 3.48. The molecule has 2 rings (SSSR count). The van der Waals surface area contributed by atoms with Crippen LogP contribution >= 0.6 is 0 Å². The molecule has 0 aromatic heterocycles. The van der Waals surface area contributed by atoms with Crippen LogP contribution in [0.1, 0.15) is 37.7 Å². The van der Waals surface area contributed by atoms with Crippen LogP contribution in [0.4, 0.5) is 3.89 Å². The highest BCUT2D eigenvalue weighted by Crippen LogP contribution is 2.43. The van der Waals surface area contributed by atoms with Gasteiger partial charge in [-0.25, -0.2) is 0 Å². The minimum Gasteiger partial charge on any atom is -0.195 e. The number of benzene rings is 1. The summed E-state index contributed by atoms with van der Waals surface area (Å²) in [6, 6.07) is 9.91. The summed E-state index contributed by atoms with van der Waals surface area (Å²) in [6.07, 6.45) is 4.53. The van der Waals surface area contributed by atoms with Gasteiger partial charge < -0.3 is 0 Å². The minimum absolute atomic E-state index is 0.125. The summed E-state index contributed by atoms with van der Waals surface area (Å²) in [4.78, 5) is 0. The molecular formula is C13H17FO2S. The Morgan fingerprint density at radius 3 is 2.24 bits per heavy atom. The summed E-state index contributed by atoms with van der Waals surface area (Å²) in [7, 11) is -4.36. The third-order valence-corrected chi connectivity index (χ3v) is 4.46. The molecule has 94 valence electrons. The molecule has 17 heavy (non-hydrogen) atoms. The predicted octanol–water partition coefficient (Wildman–Crippen LogP) is 3.19. The van der Waals surface area contributed by atoms with Gasteiger partial charge in [-0.05, 0) is 30.2 Å². The highest BCUT2D eigenvalue weighted by Gasteiger charge is 2.36. The van der Waals surface area contributed by atoms with Crippen molar-refractivity contribution in [3.05, 3.63) is 35.9 Å². The van der Waals surface area contributed by atoms with Gasteiger partial charge in [0.05, 0.1) is 5.75 Å². The molecule has 0 bridgehead atoms. The van der Waals surface area contributed by atoms with E-state index in [1.165, 1.54) is 0 Å². The molecular weight excluding hydrogens is 239 g/mol. The van der Waals surface area contributed by atoms with Crippen LogP contribution in [0.5, 0.6) is 0 Å². The van der Waals surface area contributed by atoms with Gasteiger partial charge in [0.1, 0.15) is 0 Å². The Morgan fingerprint density at radius 1 is 1.12 bits per heavy atom. The van der Waals surface area contributed by atoms with Gasteiger partial charge in [-0.1, -0.05) is 43.2 Å². The van der Waals surface area contributed by atoms with E-state index >= 15 is 0 Å². The molecule has 1 fully saturated rings. The van der Waals surface area contributed by atoms with Crippen molar-refractivity contribution < 1.29 is 12.3 Å². The zero-order chi connectivity index (χ0) is 12.4. The van der Waals surface area contributed by atoms with E-state index in [4.69, 9.17) is 0 Å². The van der Waals surface area contributed by atoms with Gasteiger partial charge in [0.15, 0.2) is 0 Å². The molecule has 0 saturated heterocycles. The molecule has 0 amide bonds. The Labute approximate surface area is 102 Å². The van der Waals surface area contributed by atoms with E-state index in [9.17, 15) is 12.3 Å². The number of hydrogen-bond donors (Lipinski definition) is 0. The van der Waals surface area contributed by atoms with Crippen LogP contribution in [-0.4, -0.2) is 14.2 Å². The second-order valence-electron chi connectivity index (χ2n) is 4.85. The lowest BCUT2D eigenvalue weighted by Crippen LogP contribution is -2.24. The van der Waals surface area contributed by atoms with Gasteiger partial charge in [-0.15, -0.1) is 3.89 Å². The van der Waals surface area contributed by atoms with Crippen LogP contribution in [0, 0.1) is 0 Å². The summed E-state index contributed by atoms with van der Waals surface area (Å²) < 4.78 is 34.1. The molecule has 1 aromatic carbocycles. The normalized spacial score (nSPS) is 19.4. The van der Waals surface area contributed by atoms with E-state index in [0.717, 1.165) is 31.2 Å². The third-order valence-electron chi connectivity index (χ3n) is 3.77. The molecule has 0 heterocycles. The lowest BCUT2D eigenvalue weighted by Gasteiger charge is -2.29. The zero-order valence-electron chi connectivity index (χ0n) is 9.73. The Morgan fingerprint density at radius 2 is 1.71 bits per heavy atom. The first kappa shape index (κ1) is 12.6. The molecule has 4 heteroatoms. The average molecular weight is 256 g/mol. The maximum Gasteiger partial charge on any atom is 0.302 e. The summed E-state index contributed by atoms with van der Waals surface area (Å²) >= 11 is 0. The largest absolute Gasteiger partial charge is 0.302 e. The van der Waals surface area contributed by atoms with Gasteiger partial charge in [0.25, 0.3) is 0 Å². The molecule has 1 saturated carbocycles. The van der Waals surface area contributed by atoms with Gasteiger partial charge >= 0.3 is 10.2 Å². The fraction of sp³-hybridized carbons (Fsp3) is 0.538. The van der Waals surface area contributed by atoms with Crippen molar-refractivity contribution >= 4 is 10.2 Å². The van der Waals surface area contributed by atoms with Crippen molar-refractivity contribution in [1.29, 1.82) is 0 Å². The van der Waals surface area contributed by atoms with Crippen LogP contribution in [0.2, 0.25) is 0 Å². The molecule has 2 nitrogen and oxygen atoms in total. The standard InChI is InChI=1S/C13H17FO2S/c14-17(15,16)11-10-13(8-4-5-9-13)12-6-2-1-3-7-12/h1-3,6-7H,4-5,8-11H2. The molecule has 0 spiro atoms. The molecule has 0 unspecified atom stereocenters. The maximum absolute atomic E-state index is 12.7. The van der Waals surface area contributed by atoms with Crippen molar-refractivity contribution in [2.45, 2.75) is 37.5 Å². The topological polar surface area (TPSA) is 34.1 Å². The van der Waals surface area contributed by atoms with Crippen LogP contribution in [0.25, 0.3) is 0 Å². The summed E-state index contributed by atoms with van der Waals surface area (Å²) in [5, 5.41) is 0. The molecule has 0 radical (unpaired) electrons. The monoisotopic (exact) mass is 256 g/mol. The Bertz CT molecular complexity index is 461. The molecule has 0 N–H and O–H groups in total. The van der Waals surface area contributed by atoms with E-state index in [2.05, 4.69) is 0 Å². The second-order valence-corrected chi connectivity index (χ2v) is 6.33. The average Bonchev–Trinajstić information content (AvgIpc) is 2.77. The summed E-state index contributed by atoms with van der Waals surface area (Å²) in [5.41, 5.74) is 1.03. The van der Waals surface area contributed by atoms with Gasteiger partial charge in [-0.3, -0.25) is 0 Å². The van der Waals surface area contributed by atoms with Crippen molar-refractivity contribution in [3.63, 3.8) is 0 Å². The molecule has 0 aliphatic heterocycles. The molecule has 1 aromatic rings. The van der Waals surface area contributed by atoms with Gasteiger partial charge in [0.2, 0.25) is 0 Å². The fourth-order valence-electron chi connectivity index (χ4n) is 2.84. The Kier molecular flexibility index (Phi) is 3.52. The van der Waals surface area contributed by atoms with E-state index in [-0.39, 0.29) is 11.2 Å². The van der Waals surface area contributed by atoms with E-state index in [1.54, 1.807) is 0 Å². The lowest BCUT2D eigenvalue weighted by atomic mass is 9.77. The van der Waals surface area contributed by atoms with E-state index in [0.29, 0.717) is 6.42 Å². The highest BCUT2D eigenvalue weighted by molar-refractivity contribution is 7.86. The van der Waals surface area contributed by atoms with Gasteiger partial charge in [-0.2, -0.15) is 8.42 Å². The summed E-state index contributed by atoms with van der Waals surface area (Å²) in [6.45, 7) is 0. The SMILES string of the molecule is O=S(=O)(F)CCC1(c2ccccc2)CCCC1. The Balaban J connectivity index is 2.22. The van der Waals surface area contributed by atoms with Crippen LogP contribution in [0.15, 0.2) is 30.3 Å². The molecule has 0 atom stereocenters. The number of hydrogen-bond acceptors (Lipinski definition) is 2. The lowest BCUT2D eigenvalue weighted by molar-refractivity contribution is 0.420. The zero-order valence-corrected chi connectivity index (χ0v) is 10.5. The molecule has 1 aliphatic rings.